The minimum absolute atomic E-state index is 0.229. The van der Waals surface area contributed by atoms with Gasteiger partial charge in [-0.2, -0.15) is 5.10 Å². The van der Waals surface area contributed by atoms with E-state index in [4.69, 9.17) is 9.84 Å². The number of nitrogens with zero attached hydrogens (tertiary/aromatic N) is 1. The molecule has 3 aromatic rings. The number of para-hydroxylation sites is 1. The lowest BCUT2D eigenvalue weighted by atomic mass is 10.1. The first-order valence-corrected chi connectivity index (χ1v) is 8.92. The molecule has 0 spiro atoms. The van der Waals surface area contributed by atoms with E-state index in [-0.39, 0.29) is 18.1 Å². The molecule has 0 aliphatic heterocycles. The molecule has 0 saturated heterocycles. The number of thiophene rings is 1. The van der Waals surface area contributed by atoms with Gasteiger partial charge in [-0.25, -0.2) is 10.2 Å². The van der Waals surface area contributed by atoms with E-state index in [0.29, 0.717) is 16.2 Å². The van der Waals surface area contributed by atoms with Gasteiger partial charge >= 0.3 is 5.97 Å². The van der Waals surface area contributed by atoms with E-state index in [1.807, 2.05) is 23.6 Å². The number of ether oxygens (including phenoxy) is 1. The summed E-state index contributed by atoms with van der Waals surface area (Å²) in [6.45, 7) is 0.284. The Morgan fingerprint density at radius 2 is 1.85 bits per heavy atom. The van der Waals surface area contributed by atoms with Crippen molar-refractivity contribution in [2.75, 3.05) is 0 Å². The van der Waals surface area contributed by atoms with E-state index >= 15 is 0 Å². The van der Waals surface area contributed by atoms with Crippen molar-refractivity contribution in [3.05, 3.63) is 87.6 Å². The fourth-order valence-corrected chi connectivity index (χ4v) is 2.86. The fraction of sp³-hybridized carbons (Fsp3) is 0.0500. The van der Waals surface area contributed by atoms with Crippen molar-refractivity contribution in [2.24, 2.45) is 5.10 Å². The third-order valence-corrected chi connectivity index (χ3v) is 4.50. The highest BCUT2D eigenvalue weighted by atomic mass is 32.1. The van der Waals surface area contributed by atoms with Crippen LogP contribution in [0, 0.1) is 0 Å². The molecular weight excluding hydrogens is 364 g/mol. The van der Waals surface area contributed by atoms with Crippen molar-refractivity contribution in [1.29, 1.82) is 0 Å². The first kappa shape index (κ1) is 18.3. The van der Waals surface area contributed by atoms with Gasteiger partial charge in [-0.3, -0.25) is 4.79 Å². The van der Waals surface area contributed by atoms with Crippen LogP contribution in [0.25, 0.3) is 0 Å². The van der Waals surface area contributed by atoms with E-state index in [2.05, 4.69) is 10.5 Å². The standard InChI is InChI=1S/C20H16N2O4S/c23-19(18-6-3-11-27-18)22-21-12-16-4-1-2-5-17(16)26-13-14-7-9-15(10-8-14)20(24)25/h1-12H,13H2,(H,22,23)(H,24,25)/b21-12+. The Labute approximate surface area is 159 Å². The Morgan fingerprint density at radius 3 is 2.56 bits per heavy atom. The van der Waals surface area contributed by atoms with Gasteiger partial charge in [0.25, 0.3) is 5.91 Å². The molecular formula is C20H16N2O4S. The maximum absolute atomic E-state index is 11.9. The lowest BCUT2D eigenvalue weighted by molar-refractivity contribution is 0.0696. The zero-order chi connectivity index (χ0) is 19.1. The second-order valence-electron chi connectivity index (χ2n) is 5.51. The summed E-state index contributed by atoms with van der Waals surface area (Å²) in [6.07, 6.45) is 1.52. The van der Waals surface area contributed by atoms with E-state index in [9.17, 15) is 9.59 Å². The molecule has 0 atom stereocenters. The average Bonchev–Trinajstić information content (AvgIpc) is 3.22. The molecule has 27 heavy (non-hydrogen) atoms. The number of amides is 1. The molecule has 1 heterocycles. The Morgan fingerprint density at radius 1 is 1.07 bits per heavy atom. The molecule has 0 unspecified atom stereocenters. The molecule has 1 aromatic heterocycles. The van der Waals surface area contributed by atoms with Gasteiger partial charge in [0.2, 0.25) is 0 Å². The summed E-state index contributed by atoms with van der Waals surface area (Å²) >= 11 is 1.34. The quantitative estimate of drug-likeness (QED) is 0.482. The van der Waals surface area contributed by atoms with Gasteiger partial charge in [-0.15, -0.1) is 11.3 Å². The van der Waals surface area contributed by atoms with Crippen molar-refractivity contribution in [2.45, 2.75) is 6.61 Å². The number of carboxylic acid groups (broad SMARTS) is 1. The van der Waals surface area contributed by atoms with Crippen molar-refractivity contribution in [3.8, 4) is 5.75 Å². The number of nitrogens with one attached hydrogen (secondary N) is 1. The van der Waals surface area contributed by atoms with E-state index in [1.54, 1.807) is 30.3 Å². The number of benzene rings is 2. The van der Waals surface area contributed by atoms with Crippen LogP contribution < -0.4 is 10.2 Å². The maximum atomic E-state index is 11.9. The van der Waals surface area contributed by atoms with Crippen molar-refractivity contribution in [3.63, 3.8) is 0 Å². The van der Waals surface area contributed by atoms with Gasteiger partial charge in [0.15, 0.2) is 0 Å². The molecule has 6 nitrogen and oxygen atoms in total. The molecule has 3 rings (SSSR count). The number of carboxylic acids is 1. The van der Waals surface area contributed by atoms with Gasteiger partial charge < -0.3 is 9.84 Å². The maximum Gasteiger partial charge on any atom is 0.335 e. The molecule has 0 aliphatic rings. The average molecular weight is 380 g/mol. The molecule has 2 N–H and O–H groups in total. The van der Waals surface area contributed by atoms with Crippen LogP contribution in [0.4, 0.5) is 0 Å². The molecule has 7 heteroatoms. The zero-order valence-corrected chi connectivity index (χ0v) is 15.0. The summed E-state index contributed by atoms with van der Waals surface area (Å²) in [5, 5.41) is 14.7. The predicted molar refractivity (Wildman–Crippen MR) is 104 cm³/mol. The number of rotatable bonds is 7. The van der Waals surface area contributed by atoms with Crippen LogP contribution in [0.3, 0.4) is 0 Å². The highest BCUT2D eigenvalue weighted by Crippen LogP contribution is 2.18. The monoisotopic (exact) mass is 380 g/mol. The second-order valence-corrected chi connectivity index (χ2v) is 6.45. The number of hydrazone groups is 1. The molecule has 136 valence electrons. The van der Waals surface area contributed by atoms with Crippen LogP contribution in [0.5, 0.6) is 5.75 Å². The number of carbonyl (C=O) groups excluding carboxylic acids is 1. The molecule has 1 amide bonds. The van der Waals surface area contributed by atoms with Crippen LogP contribution in [0.2, 0.25) is 0 Å². The van der Waals surface area contributed by atoms with Gasteiger partial charge in [-0.1, -0.05) is 30.3 Å². The summed E-state index contributed by atoms with van der Waals surface area (Å²) in [6, 6.07) is 17.3. The number of aromatic carboxylic acids is 1. The molecule has 0 saturated carbocycles. The van der Waals surface area contributed by atoms with Crippen LogP contribution >= 0.6 is 11.3 Å². The first-order chi connectivity index (χ1) is 13.1. The number of hydrogen-bond acceptors (Lipinski definition) is 5. The van der Waals surface area contributed by atoms with E-state index < -0.39 is 5.97 Å². The van der Waals surface area contributed by atoms with Gasteiger partial charge in [0.05, 0.1) is 16.7 Å². The first-order valence-electron chi connectivity index (χ1n) is 8.04. The van der Waals surface area contributed by atoms with Crippen LogP contribution in [-0.4, -0.2) is 23.2 Å². The summed E-state index contributed by atoms with van der Waals surface area (Å²) in [4.78, 5) is 23.3. The molecule has 2 aromatic carbocycles. The number of carbonyl (C=O) groups is 2. The second kappa shape index (κ2) is 8.77. The SMILES string of the molecule is O=C(O)c1ccc(COc2ccccc2/C=N/NC(=O)c2cccs2)cc1. The van der Waals surface area contributed by atoms with Crippen LogP contribution in [0.15, 0.2) is 71.1 Å². The summed E-state index contributed by atoms with van der Waals surface area (Å²) < 4.78 is 5.80. The lowest BCUT2D eigenvalue weighted by Crippen LogP contribution is -2.16. The third kappa shape index (κ3) is 5.02. The fourth-order valence-electron chi connectivity index (χ4n) is 2.25. The highest BCUT2D eigenvalue weighted by molar-refractivity contribution is 7.12. The Balaban J connectivity index is 1.62. The summed E-state index contributed by atoms with van der Waals surface area (Å²) in [5.41, 5.74) is 4.27. The van der Waals surface area contributed by atoms with Gasteiger partial charge in [-0.05, 0) is 41.3 Å². The van der Waals surface area contributed by atoms with E-state index in [0.717, 1.165) is 5.56 Å². The zero-order valence-electron chi connectivity index (χ0n) is 14.2. The highest BCUT2D eigenvalue weighted by Gasteiger charge is 2.06. The molecule has 0 aliphatic carbocycles. The summed E-state index contributed by atoms with van der Waals surface area (Å²) in [5.74, 6) is -0.624. The van der Waals surface area contributed by atoms with Crippen LogP contribution in [-0.2, 0) is 6.61 Å². The third-order valence-electron chi connectivity index (χ3n) is 3.63. The molecule has 0 bridgehead atoms. The Bertz CT molecular complexity index is 950. The predicted octanol–water partition coefficient (Wildman–Crippen LogP) is 3.79. The smallest absolute Gasteiger partial charge is 0.335 e. The Hall–Kier alpha value is -3.45. The van der Waals surface area contributed by atoms with Crippen molar-refractivity contribution in [1.82, 2.24) is 5.43 Å². The van der Waals surface area contributed by atoms with Crippen molar-refractivity contribution < 1.29 is 19.4 Å². The largest absolute Gasteiger partial charge is 0.488 e. The van der Waals surface area contributed by atoms with Gasteiger partial charge in [0.1, 0.15) is 12.4 Å². The van der Waals surface area contributed by atoms with Crippen LogP contribution in [0.1, 0.15) is 31.2 Å². The minimum atomic E-state index is -0.964. The number of hydrogen-bond donors (Lipinski definition) is 2. The van der Waals surface area contributed by atoms with Gasteiger partial charge in [0, 0.05) is 5.56 Å². The topological polar surface area (TPSA) is 88.0 Å². The minimum Gasteiger partial charge on any atom is -0.488 e. The van der Waals surface area contributed by atoms with E-state index in [1.165, 1.54) is 29.7 Å². The normalized spacial score (nSPS) is 10.7. The molecule has 0 radical (unpaired) electrons. The molecule has 0 fully saturated rings. The summed E-state index contributed by atoms with van der Waals surface area (Å²) in [7, 11) is 0. The Kier molecular flexibility index (Phi) is 5.96. The lowest BCUT2D eigenvalue weighted by Gasteiger charge is -2.09. The van der Waals surface area contributed by atoms with Crippen molar-refractivity contribution >= 4 is 29.4 Å².